The SMILES string of the molecule is CN(C)c1ccc(NC(=O)[C@@H]2CC[C@H](C(=O)O)O2)cc1. The first-order valence-electron chi connectivity index (χ1n) is 6.44. The van der Waals surface area contributed by atoms with Gasteiger partial charge >= 0.3 is 5.97 Å². The maximum atomic E-state index is 12.0. The summed E-state index contributed by atoms with van der Waals surface area (Å²) in [5, 5.41) is 11.6. The molecule has 1 aromatic rings. The number of rotatable bonds is 4. The molecule has 1 saturated heterocycles. The molecule has 6 nitrogen and oxygen atoms in total. The second kappa shape index (κ2) is 5.92. The molecule has 1 aromatic carbocycles. The van der Waals surface area contributed by atoms with Gasteiger partial charge in [0.25, 0.3) is 5.91 Å². The first kappa shape index (κ1) is 14.3. The van der Waals surface area contributed by atoms with Crippen LogP contribution in [0, 0.1) is 0 Å². The maximum absolute atomic E-state index is 12.0. The van der Waals surface area contributed by atoms with E-state index in [4.69, 9.17) is 9.84 Å². The summed E-state index contributed by atoms with van der Waals surface area (Å²) >= 11 is 0. The van der Waals surface area contributed by atoms with Gasteiger partial charge in [-0.05, 0) is 37.1 Å². The molecule has 108 valence electrons. The number of aliphatic carboxylic acids is 1. The van der Waals surface area contributed by atoms with Crippen LogP contribution in [0.25, 0.3) is 0 Å². The van der Waals surface area contributed by atoms with Crippen LogP contribution in [0.1, 0.15) is 12.8 Å². The van der Waals surface area contributed by atoms with Crippen molar-refractivity contribution in [1.82, 2.24) is 0 Å². The highest BCUT2D eigenvalue weighted by Gasteiger charge is 2.34. The molecular weight excluding hydrogens is 260 g/mol. The highest BCUT2D eigenvalue weighted by molar-refractivity contribution is 5.94. The first-order valence-corrected chi connectivity index (χ1v) is 6.44. The van der Waals surface area contributed by atoms with Crippen LogP contribution in [-0.2, 0) is 14.3 Å². The van der Waals surface area contributed by atoms with Crippen LogP contribution in [0.5, 0.6) is 0 Å². The van der Waals surface area contributed by atoms with Crippen LogP contribution < -0.4 is 10.2 Å². The normalized spacial score (nSPS) is 21.5. The van der Waals surface area contributed by atoms with Crippen molar-refractivity contribution in [1.29, 1.82) is 0 Å². The summed E-state index contributed by atoms with van der Waals surface area (Å²) in [4.78, 5) is 24.7. The van der Waals surface area contributed by atoms with E-state index >= 15 is 0 Å². The monoisotopic (exact) mass is 278 g/mol. The number of carboxylic acid groups (broad SMARTS) is 1. The van der Waals surface area contributed by atoms with Crippen molar-refractivity contribution in [2.45, 2.75) is 25.0 Å². The number of carbonyl (C=O) groups is 2. The smallest absolute Gasteiger partial charge is 0.332 e. The molecule has 0 spiro atoms. The second-order valence-corrected chi connectivity index (χ2v) is 4.96. The Bertz CT molecular complexity index is 498. The zero-order chi connectivity index (χ0) is 14.7. The second-order valence-electron chi connectivity index (χ2n) is 4.96. The van der Waals surface area contributed by atoms with E-state index in [0.717, 1.165) is 5.69 Å². The van der Waals surface area contributed by atoms with E-state index in [1.165, 1.54) is 0 Å². The molecule has 20 heavy (non-hydrogen) atoms. The van der Waals surface area contributed by atoms with Gasteiger partial charge in [-0.25, -0.2) is 4.79 Å². The van der Waals surface area contributed by atoms with E-state index in [0.29, 0.717) is 18.5 Å². The Kier molecular flexibility index (Phi) is 4.24. The van der Waals surface area contributed by atoms with E-state index < -0.39 is 18.2 Å². The molecule has 1 aliphatic heterocycles. The quantitative estimate of drug-likeness (QED) is 0.868. The van der Waals surface area contributed by atoms with Crippen molar-refractivity contribution in [2.75, 3.05) is 24.3 Å². The van der Waals surface area contributed by atoms with Crippen LogP contribution in [0.2, 0.25) is 0 Å². The Labute approximate surface area is 117 Å². The van der Waals surface area contributed by atoms with Crippen molar-refractivity contribution >= 4 is 23.3 Å². The fourth-order valence-electron chi connectivity index (χ4n) is 2.08. The third-order valence-electron chi connectivity index (χ3n) is 3.24. The van der Waals surface area contributed by atoms with Gasteiger partial charge < -0.3 is 20.1 Å². The van der Waals surface area contributed by atoms with Gasteiger partial charge in [-0.3, -0.25) is 4.79 Å². The third kappa shape index (κ3) is 3.27. The molecule has 6 heteroatoms. The number of carbonyl (C=O) groups excluding carboxylic acids is 1. The van der Waals surface area contributed by atoms with Crippen molar-refractivity contribution in [3.63, 3.8) is 0 Å². The molecule has 1 fully saturated rings. The van der Waals surface area contributed by atoms with Gasteiger partial charge in [0.05, 0.1) is 0 Å². The van der Waals surface area contributed by atoms with Gasteiger partial charge in [0.1, 0.15) is 6.10 Å². The lowest BCUT2D eigenvalue weighted by atomic mass is 10.2. The van der Waals surface area contributed by atoms with Gasteiger partial charge in [-0.2, -0.15) is 0 Å². The van der Waals surface area contributed by atoms with Gasteiger partial charge in [-0.15, -0.1) is 0 Å². The van der Waals surface area contributed by atoms with Crippen LogP contribution in [-0.4, -0.2) is 43.3 Å². The van der Waals surface area contributed by atoms with Gasteiger partial charge in [-0.1, -0.05) is 0 Å². The maximum Gasteiger partial charge on any atom is 0.332 e. The number of anilines is 2. The lowest BCUT2D eigenvalue weighted by Gasteiger charge is -2.14. The molecule has 1 amide bonds. The van der Waals surface area contributed by atoms with Crippen molar-refractivity contribution in [2.24, 2.45) is 0 Å². The number of hydrogen-bond donors (Lipinski definition) is 2. The zero-order valence-corrected chi connectivity index (χ0v) is 11.5. The lowest BCUT2D eigenvalue weighted by molar-refractivity contribution is -0.150. The van der Waals surface area contributed by atoms with Crippen LogP contribution in [0.15, 0.2) is 24.3 Å². The van der Waals surface area contributed by atoms with Gasteiger partial charge in [0, 0.05) is 25.5 Å². The molecule has 0 unspecified atom stereocenters. The van der Waals surface area contributed by atoms with E-state index in [1.54, 1.807) is 12.1 Å². The summed E-state index contributed by atoms with van der Waals surface area (Å²) in [6.07, 6.45) is -0.766. The van der Waals surface area contributed by atoms with E-state index in [1.807, 2.05) is 31.1 Å². The molecule has 0 aromatic heterocycles. The van der Waals surface area contributed by atoms with E-state index in [2.05, 4.69) is 5.32 Å². The molecular formula is C14H18N2O4. The molecule has 0 bridgehead atoms. The Hall–Kier alpha value is -2.08. The van der Waals surface area contributed by atoms with Crippen LogP contribution >= 0.6 is 0 Å². The summed E-state index contributed by atoms with van der Waals surface area (Å²) in [6, 6.07) is 7.39. The fraction of sp³-hybridized carbons (Fsp3) is 0.429. The summed E-state index contributed by atoms with van der Waals surface area (Å²) in [5.74, 6) is -1.32. The Morgan fingerprint density at radius 2 is 1.80 bits per heavy atom. The average molecular weight is 278 g/mol. The summed E-state index contributed by atoms with van der Waals surface area (Å²) < 4.78 is 5.20. The highest BCUT2D eigenvalue weighted by Crippen LogP contribution is 2.22. The number of hydrogen-bond acceptors (Lipinski definition) is 4. The largest absolute Gasteiger partial charge is 0.479 e. The standard InChI is InChI=1S/C14H18N2O4/c1-16(2)10-5-3-9(4-6-10)15-13(17)11-7-8-12(20-11)14(18)19/h3-6,11-12H,7-8H2,1-2H3,(H,15,17)(H,18,19)/t11-,12+/m0/s1. The predicted octanol–water partition coefficient (Wildman–Crippen LogP) is 1.32. The van der Waals surface area contributed by atoms with Crippen molar-refractivity contribution in [3.8, 4) is 0 Å². The Morgan fingerprint density at radius 3 is 2.30 bits per heavy atom. The summed E-state index contributed by atoms with van der Waals surface area (Å²) in [5.41, 5.74) is 1.70. The Balaban J connectivity index is 1.93. The molecule has 2 rings (SSSR count). The van der Waals surface area contributed by atoms with Crippen molar-refractivity contribution < 1.29 is 19.4 Å². The van der Waals surface area contributed by atoms with Crippen LogP contribution in [0.4, 0.5) is 11.4 Å². The average Bonchev–Trinajstić information content (AvgIpc) is 2.89. The number of ether oxygens (including phenoxy) is 1. The molecule has 2 atom stereocenters. The van der Waals surface area contributed by atoms with E-state index in [9.17, 15) is 9.59 Å². The Morgan fingerprint density at radius 1 is 1.20 bits per heavy atom. The minimum absolute atomic E-state index is 0.300. The third-order valence-corrected chi connectivity index (χ3v) is 3.24. The summed E-state index contributed by atoms with van der Waals surface area (Å²) in [7, 11) is 3.87. The zero-order valence-electron chi connectivity index (χ0n) is 11.5. The molecule has 1 aliphatic rings. The fourth-order valence-corrected chi connectivity index (χ4v) is 2.08. The highest BCUT2D eigenvalue weighted by atomic mass is 16.5. The molecule has 0 saturated carbocycles. The van der Waals surface area contributed by atoms with Gasteiger partial charge in [0.2, 0.25) is 0 Å². The van der Waals surface area contributed by atoms with Gasteiger partial charge in [0.15, 0.2) is 6.10 Å². The number of benzene rings is 1. The number of amides is 1. The summed E-state index contributed by atoms with van der Waals surface area (Å²) in [6.45, 7) is 0. The number of carboxylic acids is 1. The number of nitrogens with one attached hydrogen (secondary N) is 1. The number of nitrogens with zero attached hydrogens (tertiary/aromatic N) is 1. The lowest BCUT2D eigenvalue weighted by Crippen LogP contribution is -2.29. The molecule has 1 heterocycles. The molecule has 2 N–H and O–H groups in total. The topological polar surface area (TPSA) is 78.9 Å². The van der Waals surface area contributed by atoms with Crippen LogP contribution in [0.3, 0.4) is 0 Å². The minimum Gasteiger partial charge on any atom is -0.479 e. The van der Waals surface area contributed by atoms with Crippen molar-refractivity contribution in [3.05, 3.63) is 24.3 Å². The first-order chi connectivity index (χ1) is 9.47. The minimum atomic E-state index is -1.02. The molecule has 0 aliphatic carbocycles. The molecule has 0 radical (unpaired) electrons. The predicted molar refractivity (Wildman–Crippen MR) is 74.9 cm³/mol. The van der Waals surface area contributed by atoms with E-state index in [-0.39, 0.29) is 5.91 Å².